The molecule has 1 heterocycles. The van der Waals surface area contributed by atoms with E-state index in [0.717, 1.165) is 31.1 Å². The van der Waals surface area contributed by atoms with Crippen molar-refractivity contribution in [3.63, 3.8) is 0 Å². The molecule has 0 spiro atoms. The summed E-state index contributed by atoms with van der Waals surface area (Å²) in [6.45, 7) is 6.79. The molecule has 0 bridgehead atoms. The molecule has 0 aromatic rings. The molecule has 3 unspecified atom stereocenters. The SMILES string of the molecule is CC1CC(C)CC(C(=O)C2(C)CCCS2)C1. The summed E-state index contributed by atoms with van der Waals surface area (Å²) in [6, 6.07) is 0. The first-order chi connectivity index (χ1) is 7.51. The summed E-state index contributed by atoms with van der Waals surface area (Å²) in [6.07, 6.45) is 5.92. The molecule has 3 atom stereocenters. The van der Waals surface area contributed by atoms with Crippen molar-refractivity contribution in [3.8, 4) is 0 Å². The number of carbonyl (C=O) groups excluding carboxylic acids is 1. The lowest BCUT2D eigenvalue weighted by Gasteiger charge is -2.34. The predicted molar refractivity (Wildman–Crippen MR) is 70.8 cm³/mol. The van der Waals surface area contributed by atoms with Gasteiger partial charge in [-0.25, -0.2) is 0 Å². The van der Waals surface area contributed by atoms with Gasteiger partial charge in [0.15, 0.2) is 5.78 Å². The molecule has 0 aromatic carbocycles. The second-order valence-electron chi connectivity index (χ2n) is 6.16. The first-order valence-electron chi connectivity index (χ1n) is 6.69. The first kappa shape index (κ1) is 12.5. The number of rotatable bonds is 2. The van der Waals surface area contributed by atoms with Gasteiger partial charge >= 0.3 is 0 Å². The van der Waals surface area contributed by atoms with Crippen LogP contribution in [0.4, 0.5) is 0 Å². The quantitative estimate of drug-likeness (QED) is 0.728. The minimum absolute atomic E-state index is 0.0402. The van der Waals surface area contributed by atoms with Gasteiger partial charge in [0, 0.05) is 5.92 Å². The second kappa shape index (κ2) is 4.72. The normalized spacial score (nSPS) is 44.6. The highest BCUT2D eigenvalue weighted by Gasteiger charge is 2.42. The van der Waals surface area contributed by atoms with Crippen molar-refractivity contribution >= 4 is 17.5 Å². The van der Waals surface area contributed by atoms with E-state index in [9.17, 15) is 4.79 Å². The van der Waals surface area contributed by atoms with E-state index in [1.54, 1.807) is 0 Å². The summed E-state index contributed by atoms with van der Waals surface area (Å²) in [4.78, 5) is 12.6. The molecule has 2 heteroatoms. The number of thioether (sulfide) groups is 1. The monoisotopic (exact) mass is 240 g/mol. The van der Waals surface area contributed by atoms with Crippen LogP contribution >= 0.6 is 11.8 Å². The van der Waals surface area contributed by atoms with Gasteiger partial charge in [-0.05, 0) is 56.6 Å². The lowest BCUT2D eigenvalue weighted by Crippen LogP contribution is -2.38. The molecule has 1 aliphatic heterocycles. The maximum absolute atomic E-state index is 12.6. The summed E-state index contributed by atoms with van der Waals surface area (Å²) in [5, 5.41) is 0. The van der Waals surface area contributed by atoms with Crippen LogP contribution in [-0.2, 0) is 4.79 Å². The van der Waals surface area contributed by atoms with E-state index in [1.807, 2.05) is 11.8 Å². The van der Waals surface area contributed by atoms with Gasteiger partial charge in [-0.1, -0.05) is 13.8 Å². The zero-order valence-corrected chi connectivity index (χ0v) is 11.6. The van der Waals surface area contributed by atoms with Gasteiger partial charge in [-0.3, -0.25) is 4.79 Å². The van der Waals surface area contributed by atoms with Gasteiger partial charge < -0.3 is 0 Å². The van der Waals surface area contributed by atoms with Crippen molar-refractivity contribution in [2.24, 2.45) is 17.8 Å². The van der Waals surface area contributed by atoms with Crippen LogP contribution in [0.3, 0.4) is 0 Å². The van der Waals surface area contributed by atoms with Crippen molar-refractivity contribution in [2.75, 3.05) is 5.75 Å². The van der Waals surface area contributed by atoms with E-state index in [-0.39, 0.29) is 4.75 Å². The first-order valence-corrected chi connectivity index (χ1v) is 7.68. The van der Waals surface area contributed by atoms with Gasteiger partial charge in [0.05, 0.1) is 4.75 Å². The van der Waals surface area contributed by atoms with Crippen LogP contribution in [0, 0.1) is 17.8 Å². The molecule has 1 aliphatic carbocycles. The van der Waals surface area contributed by atoms with E-state index in [0.29, 0.717) is 11.7 Å². The van der Waals surface area contributed by atoms with Crippen LogP contribution < -0.4 is 0 Å². The van der Waals surface area contributed by atoms with Gasteiger partial charge in [-0.2, -0.15) is 0 Å². The second-order valence-corrected chi connectivity index (χ2v) is 7.76. The molecule has 1 saturated carbocycles. The molecule has 0 aromatic heterocycles. The highest BCUT2D eigenvalue weighted by molar-refractivity contribution is 8.01. The van der Waals surface area contributed by atoms with E-state index in [1.165, 1.54) is 18.6 Å². The predicted octanol–water partition coefficient (Wildman–Crippen LogP) is 3.91. The van der Waals surface area contributed by atoms with Crippen LogP contribution in [0.2, 0.25) is 0 Å². The standard InChI is InChI=1S/C14H24OS/c1-10-7-11(2)9-12(8-10)13(15)14(3)5-4-6-16-14/h10-12H,4-9H2,1-3H3. The van der Waals surface area contributed by atoms with Crippen LogP contribution in [0.25, 0.3) is 0 Å². The Morgan fingerprint density at radius 2 is 1.81 bits per heavy atom. The summed E-state index contributed by atoms with van der Waals surface area (Å²) in [5.41, 5.74) is 0. The number of Topliss-reactive ketones (excluding diaryl/α,β-unsaturated/α-hetero) is 1. The Morgan fingerprint density at radius 1 is 1.19 bits per heavy atom. The zero-order valence-electron chi connectivity index (χ0n) is 10.8. The topological polar surface area (TPSA) is 17.1 Å². The van der Waals surface area contributed by atoms with Gasteiger partial charge in [0.25, 0.3) is 0 Å². The summed E-state index contributed by atoms with van der Waals surface area (Å²) >= 11 is 1.90. The van der Waals surface area contributed by atoms with E-state index in [4.69, 9.17) is 0 Å². The van der Waals surface area contributed by atoms with Crippen LogP contribution in [-0.4, -0.2) is 16.3 Å². The largest absolute Gasteiger partial charge is 0.298 e. The van der Waals surface area contributed by atoms with Crippen LogP contribution in [0.1, 0.15) is 52.9 Å². The summed E-state index contributed by atoms with van der Waals surface area (Å²) < 4.78 is -0.0402. The maximum Gasteiger partial charge on any atom is 0.151 e. The smallest absolute Gasteiger partial charge is 0.151 e. The van der Waals surface area contributed by atoms with Crippen molar-refractivity contribution < 1.29 is 4.79 Å². The van der Waals surface area contributed by atoms with E-state index < -0.39 is 0 Å². The third-order valence-electron chi connectivity index (χ3n) is 4.29. The fourth-order valence-corrected chi connectivity index (χ4v) is 4.90. The Morgan fingerprint density at radius 3 is 2.31 bits per heavy atom. The average Bonchev–Trinajstić information content (AvgIpc) is 2.64. The zero-order chi connectivity index (χ0) is 11.8. The highest BCUT2D eigenvalue weighted by Crippen LogP contribution is 2.44. The maximum atomic E-state index is 12.6. The van der Waals surface area contributed by atoms with Gasteiger partial charge in [0.2, 0.25) is 0 Å². The number of carbonyl (C=O) groups is 1. The Kier molecular flexibility index (Phi) is 3.68. The Hall–Kier alpha value is 0.0200. The van der Waals surface area contributed by atoms with Crippen LogP contribution in [0.15, 0.2) is 0 Å². The van der Waals surface area contributed by atoms with Crippen molar-refractivity contribution in [1.29, 1.82) is 0 Å². The Balaban J connectivity index is 2.03. The summed E-state index contributed by atoms with van der Waals surface area (Å²) in [5.74, 6) is 3.59. The molecular weight excluding hydrogens is 216 g/mol. The number of hydrogen-bond acceptors (Lipinski definition) is 2. The van der Waals surface area contributed by atoms with E-state index in [2.05, 4.69) is 20.8 Å². The fourth-order valence-electron chi connectivity index (χ4n) is 3.57. The molecule has 2 aliphatic rings. The third kappa shape index (κ3) is 2.47. The van der Waals surface area contributed by atoms with Crippen molar-refractivity contribution in [2.45, 2.75) is 57.6 Å². The van der Waals surface area contributed by atoms with Crippen molar-refractivity contribution in [1.82, 2.24) is 0 Å². The van der Waals surface area contributed by atoms with Gasteiger partial charge in [-0.15, -0.1) is 11.8 Å². The van der Waals surface area contributed by atoms with Crippen molar-refractivity contribution in [3.05, 3.63) is 0 Å². The fraction of sp³-hybridized carbons (Fsp3) is 0.929. The molecule has 0 radical (unpaired) electrons. The minimum atomic E-state index is -0.0402. The molecule has 2 fully saturated rings. The Bertz CT molecular complexity index is 258. The lowest BCUT2D eigenvalue weighted by molar-refractivity contribution is -0.126. The molecule has 2 rings (SSSR count). The molecule has 1 nitrogen and oxygen atoms in total. The molecule has 0 N–H and O–H groups in total. The molecular formula is C14H24OS. The molecule has 16 heavy (non-hydrogen) atoms. The number of ketones is 1. The minimum Gasteiger partial charge on any atom is -0.298 e. The lowest BCUT2D eigenvalue weighted by atomic mass is 9.72. The number of hydrogen-bond donors (Lipinski definition) is 0. The summed E-state index contributed by atoms with van der Waals surface area (Å²) in [7, 11) is 0. The van der Waals surface area contributed by atoms with Crippen LogP contribution in [0.5, 0.6) is 0 Å². The molecule has 0 amide bonds. The Labute approximate surface area is 104 Å². The molecule has 92 valence electrons. The average molecular weight is 240 g/mol. The third-order valence-corrected chi connectivity index (χ3v) is 5.82. The highest BCUT2D eigenvalue weighted by atomic mass is 32.2. The van der Waals surface area contributed by atoms with Gasteiger partial charge in [0.1, 0.15) is 0 Å². The molecule has 1 saturated heterocycles. The van der Waals surface area contributed by atoms with E-state index >= 15 is 0 Å².